The Morgan fingerprint density at radius 2 is 1.60 bits per heavy atom. The average Bonchev–Trinajstić information content (AvgIpc) is 2.35. The van der Waals surface area contributed by atoms with Crippen LogP contribution in [0.1, 0.15) is 13.8 Å². The molecule has 0 saturated carbocycles. The highest BCUT2D eigenvalue weighted by Gasteiger charge is 2.66. The minimum Gasteiger partial charge on any atom is -1.00 e. The van der Waals surface area contributed by atoms with Crippen LogP contribution in [0, 0.1) is 0 Å². The topological polar surface area (TPSA) is 0 Å². The van der Waals surface area contributed by atoms with Gasteiger partial charge in [0, 0.05) is 0 Å². The molecular weight excluding hydrogens is 192 g/mol. The van der Waals surface area contributed by atoms with E-state index in [1.807, 2.05) is 0 Å². The molecule has 0 unspecified atom stereocenters. The van der Waals surface area contributed by atoms with Gasteiger partial charge in [-0.2, -0.15) is 0 Å². The molecule has 1 saturated heterocycles. The van der Waals surface area contributed by atoms with Gasteiger partial charge < -0.3 is 12.4 Å². The van der Waals surface area contributed by atoms with Crippen LogP contribution in [0.3, 0.4) is 0 Å². The molecule has 1 heterocycles. The van der Waals surface area contributed by atoms with Crippen molar-refractivity contribution in [1.29, 1.82) is 0 Å². The van der Waals surface area contributed by atoms with E-state index in [1.165, 1.54) is 0 Å². The molecule has 62 valence electrons. The molecule has 0 aromatic heterocycles. The van der Waals surface area contributed by atoms with E-state index < -0.39 is 4.46 Å². The second-order valence-electron chi connectivity index (χ2n) is 2.60. The van der Waals surface area contributed by atoms with Crippen molar-refractivity contribution in [2.45, 2.75) is 18.3 Å². The van der Waals surface area contributed by atoms with Crippen LogP contribution in [-0.4, -0.2) is 28.6 Å². The third-order valence-corrected chi connectivity index (χ3v) is 3.25. The predicted octanol–water partition coefficient (Wildman–Crippen LogP) is -1.01. The van der Waals surface area contributed by atoms with Gasteiger partial charge in [-0.3, -0.25) is 4.48 Å². The first-order valence-corrected chi connectivity index (χ1v) is 4.07. The van der Waals surface area contributed by atoms with Gasteiger partial charge in [-0.1, -0.05) is 0 Å². The van der Waals surface area contributed by atoms with Crippen LogP contribution >= 0.6 is 23.2 Å². The second-order valence-corrected chi connectivity index (χ2v) is 4.05. The molecule has 1 nitrogen and oxygen atoms in total. The summed E-state index contributed by atoms with van der Waals surface area (Å²) in [5.41, 5.74) is 0. The molecule has 0 aromatic carbocycles. The molecule has 1 fully saturated rings. The van der Waals surface area contributed by atoms with Crippen molar-refractivity contribution >= 4 is 23.2 Å². The summed E-state index contributed by atoms with van der Waals surface area (Å²) < 4.78 is 0.416. The molecule has 0 aromatic rings. The Kier molecular flexibility index (Phi) is 3.31. The van der Waals surface area contributed by atoms with Crippen molar-refractivity contribution in [1.82, 2.24) is 0 Å². The molecule has 1 rings (SSSR count). The monoisotopic (exact) mass is 203 g/mol. The molecule has 0 atom stereocenters. The van der Waals surface area contributed by atoms with Crippen molar-refractivity contribution < 1.29 is 16.9 Å². The van der Waals surface area contributed by atoms with Gasteiger partial charge in [0.15, 0.2) is 6.54 Å². The minimum absolute atomic E-state index is 0. The van der Waals surface area contributed by atoms with Crippen molar-refractivity contribution in [3.63, 3.8) is 0 Å². The fraction of sp³-hybridized carbons (Fsp3) is 1.00. The maximum atomic E-state index is 5.90. The number of rotatable bonds is 2. The highest BCUT2D eigenvalue weighted by molar-refractivity contribution is 6.48. The van der Waals surface area contributed by atoms with E-state index in [0.717, 1.165) is 24.1 Å². The number of quaternary nitrogens is 1. The van der Waals surface area contributed by atoms with Crippen LogP contribution < -0.4 is 12.4 Å². The van der Waals surface area contributed by atoms with E-state index >= 15 is 0 Å². The molecule has 0 amide bonds. The average molecular weight is 205 g/mol. The number of alkyl halides is 2. The first-order valence-electron chi connectivity index (χ1n) is 3.32. The summed E-state index contributed by atoms with van der Waals surface area (Å²) in [7, 11) is 0. The van der Waals surface area contributed by atoms with E-state index in [2.05, 4.69) is 13.8 Å². The number of hydrogen-bond donors (Lipinski definition) is 0. The van der Waals surface area contributed by atoms with Gasteiger partial charge in [-0.15, -0.1) is 0 Å². The summed E-state index contributed by atoms with van der Waals surface area (Å²) in [5.74, 6) is 0. The molecule has 0 N–H and O–H groups in total. The molecule has 0 aliphatic carbocycles. The number of hydrogen-bond acceptors (Lipinski definition) is 0. The molecule has 1 aliphatic rings. The van der Waals surface area contributed by atoms with E-state index in [4.69, 9.17) is 23.2 Å². The zero-order valence-electron chi connectivity index (χ0n) is 6.20. The number of likely N-dealkylation sites (N-methyl/N-ethyl adjacent to an activating group) is 1. The maximum absolute atomic E-state index is 5.90. The lowest BCUT2D eigenvalue weighted by molar-refractivity contribution is -0.808. The van der Waals surface area contributed by atoms with Gasteiger partial charge in [-0.25, -0.2) is 0 Å². The lowest BCUT2D eigenvalue weighted by atomic mass is 10.6. The van der Waals surface area contributed by atoms with Gasteiger partial charge in [-0.05, 0) is 37.0 Å². The summed E-state index contributed by atoms with van der Waals surface area (Å²) in [6.07, 6.45) is 0. The summed E-state index contributed by atoms with van der Waals surface area (Å²) in [4.78, 5) is 0. The smallest absolute Gasteiger partial charge is 0.301 e. The summed E-state index contributed by atoms with van der Waals surface area (Å²) in [6, 6.07) is 0. The lowest BCUT2D eigenvalue weighted by Crippen LogP contribution is -3.00. The number of halogens is 3. The van der Waals surface area contributed by atoms with Gasteiger partial charge >= 0.3 is 4.46 Å². The fourth-order valence-electron chi connectivity index (χ4n) is 1.24. The van der Waals surface area contributed by atoms with Crippen molar-refractivity contribution in [3.8, 4) is 0 Å². The zero-order chi connectivity index (χ0) is 7.12. The standard InChI is InChI=1S/C6H12Cl2N.ClH/c1-3-9(4-2)5-6(9,7)8;/h3-5H2,1-2H3;1H/q+1;/p-1. The second kappa shape index (κ2) is 3.06. The fourth-order valence-corrected chi connectivity index (χ4v) is 2.17. The molecule has 10 heavy (non-hydrogen) atoms. The van der Waals surface area contributed by atoms with Crippen LogP contribution in [0.2, 0.25) is 0 Å². The SMILES string of the molecule is CC[N+]1(CC)CC1(Cl)Cl.[Cl-]. The maximum Gasteiger partial charge on any atom is 0.301 e. The molecular formula is C6H12Cl3N. The van der Waals surface area contributed by atoms with E-state index in [9.17, 15) is 0 Å². The van der Waals surface area contributed by atoms with Gasteiger partial charge in [0.05, 0.1) is 13.1 Å². The Morgan fingerprint density at radius 1 is 1.30 bits per heavy atom. The van der Waals surface area contributed by atoms with E-state index in [1.54, 1.807) is 0 Å². The minimum atomic E-state index is -0.455. The van der Waals surface area contributed by atoms with Crippen molar-refractivity contribution in [3.05, 3.63) is 0 Å². The van der Waals surface area contributed by atoms with Crippen molar-refractivity contribution in [2.75, 3.05) is 19.6 Å². The molecule has 1 aliphatic heterocycles. The molecule has 0 bridgehead atoms. The summed E-state index contributed by atoms with van der Waals surface area (Å²) in [6.45, 7) is 7.25. The van der Waals surface area contributed by atoms with E-state index in [-0.39, 0.29) is 12.4 Å². The molecule has 0 spiro atoms. The third kappa shape index (κ3) is 1.38. The highest BCUT2D eigenvalue weighted by atomic mass is 35.5. The lowest BCUT2D eigenvalue weighted by Gasteiger charge is -2.15. The van der Waals surface area contributed by atoms with Crippen LogP contribution in [-0.2, 0) is 0 Å². The Hall–Kier alpha value is 0.830. The molecule has 4 heteroatoms. The van der Waals surface area contributed by atoms with Gasteiger partial charge in [0.2, 0.25) is 0 Å². The number of nitrogens with zero attached hydrogens (tertiary/aromatic N) is 1. The summed E-state index contributed by atoms with van der Waals surface area (Å²) >= 11 is 11.8. The Balaban J connectivity index is 0.000000810. The first kappa shape index (κ1) is 10.8. The van der Waals surface area contributed by atoms with E-state index in [0.29, 0.717) is 0 Å². The highest BCUT2D eigenvalue weighted by Crippen LogP contribution is 2.49. The predicted molar refractivity (Wildman–Crippen MR) is 40.6 cm³/mol. The first-order chi connectivity index (χ1) is 4.08. The summed E-state index contributed by atoms with van der Waals surface area (Å²) in [5, 5.41) is 0. The van der Waals surface area contributed by atoms with Crippen LogP contribution in [0.15, 0.2) is 0 Å². The molecule has 0 radical (unpaired) electrons. The Bertz CT molecular complexity index is 120. The van der Waals surface area contributed by atoms with Crippen molar-refractivity contribution in [2.24, 2.45) is 0 Å². The zero-order valence-corrected chi connectivity index (χ0v) is 8.47. The van der Waals surface area contributed by atoms with Crippen LogP contribution in [0.5, 0.6) is 0 Å². The Labute approximate surface area is 78.3 Å². The van der Waals surface area contributed by atoms with Crippen LogP contribution in [0.25, 0.3) is 0 Å². The van der Waals surface area contributed by atoms with Crippen LogP contribution in [0.4, 0.5) is 0 Å². The quantitative estimate of drug-likeness (QED) is 0.234. The third-order valence-electron chi connectivity index (χ3n) is 2.29. The van der Waals surface area contributed by atoms with Gasteiger partial charge in [0.1, 0.15) is 0 Å². The largest absolute Gasteiger partial charge is 1.00 e. The normalized spacial score (nSPS) is 25.2. The Morgan fingerprint density at radius 3 is 1.60 bits per heavy atom. The van der Waals surface area contributed by atoms with Gasteiger partial charge in [0.25, 0.3) is 0 Å².